The SMILES string of the molecule is CCN1CCn2c(nccc2=O)C1. The van der Waals surface area contributed by atoms with Crippen molar-refractivity contribution in [3.8, 4) is 0 Å². The molecular weight excluding hydrogens is 166 g/mol. The molecule has 1 aliphatic heterocycles. The summed E-state index contributed by atoms with van der Waals surface area (Å²) in [6, 6.07) is 1.52. The van der Waals surface area contributed by atoms with Crippen LogP contribution in [0.3, 0.4) is 0 Å². The maximum Gasteiger partial charge on any atom is 0.253 e. The number of likely N-dealkylation sites (N-methyl/N-ethyl adjacent to an activating group) is 1. The lowest BCUT2D eigenvalue weighted by Crippen LogP contribution is -2.39. The lowest BCUT2D eigenvalue weighted by molar-refractivity contribution is 0.222. The Labute approximate surface area is 76.8 Å². The summed E-state index contributed by atoms with van der Waals surface area (Å²) in [5.41, 5.74) is 0.0701. The van der Waals surface area contributed by atoms with Crippen LogP contribution < -0.4 is 5.56 Å². The van der Waals surface area contributed by atoms with Crippen LogP contribution in [-0.2, 0) is 13.1 Å². The molecule has 0 aromatic carbocycles. The van der Waals surface area contributed by atoms with Crippen molar-refractivity contribution >= 4 is 0 Å². The summed E-state index contributed by atoms with van der Waals surface area (Å²) in [7, 11) is 0. The van der Waals surface area contributed by atoms with Gasteiger partial charge in [0, 0.05) is 25.4 Å². The Morgan fingerprint density at radius 2 is 2.38 bits per heavy atom. The van der Waals surface area contributed by atoms with E-state index < -0.39 is 0 Å². The molecule has 0 saturated heterocycles. The Kier molecular flexibility index (Phi) is 2.14. The Morgan fingerprint density at radius 1 is 1.54 bits per heavy atom. The highest BCUT2D eigenvalue weighted by Gasteiger charge is 2.15. The third-order valence-corrected chi connectivity index (χ3v) is 2.47. The molecule has 0 amide bonds. The third kappa shape index (κ3) is 1.49. The molecule has 0 spiro atoms. The highest BCUT2D eigenvalue weighted by molar-refractivity contribution is 4.96. The number of rotatable bonds is 1. The first kappa shape index (κ1) is 8.44. The van der Waals surface area contributed by atoms with Crippen LogP contribution >= 0.6 is 0 Å². The first-order valence-corrected chi connectivity index (χ1v) is 4.58. The molecule has 2 rings (SSSR count). The first-order chi connectivity index (χ1) is 6.31. The van der Waals surface area contributed by atoms with Crippen molar-refractivity contribution in [1.29, 1.82) is 0 Å². The maximum absolute atomic E-state index is 11.4. The Hall–Kier alpha value is -1.16. The molecule has 1 aromatic rings. The standard InChI is InChI=1S/C9H13N3O/c1-2-11-5-6-12-8(7-11)10-4-3-9(12)13/h3-4H,2,5-7H2,1H3. The fraction of sp³-hybridized carbons (Fsp3) is 0.556. The lowest BCUT2D eigenvalue weighted by Gasteiger charge is -2.27. The van der Waals surface area contributed by atoms with Crippen molar-refractivity contribution in [2.75, 3.05) is 13.1 Å². The Morgan fingerprint density at radius 3 is 3.15 bits per heavy atom. The van der Waals surface area contributed by atoms with Crippen molar-refractivity contribution in [2.45, 2.75) is 20.0 Å². The summed E-state index contributed by atoms with van der Waals surface area (Å²) >= 11 is 0. The van der Waals surface area contributed by atoms with E-state index in [2.05, 4.69) is 16.8 Å². The van der Waals surface area contributed by atoms with Crippen molar-refractivity contribution < 1.29 is 0 Å². The fourth-order valence-electron chi connectivity index (χ4n) is 1.63. The molecule has 4 nitrogen and oxygen atoms in total. The van der Waals surface area contributed by atoms with E-state index in [0.717, 1.165) is 32.0 Å². The van der Waals surface area contributed by atoms with Crippen LogP contribution in [0.25, 0.3) is 0 Å². The van der Waals surface area contributed by atoms with Crippen molar-refractivity contribution in [1.82, 2.24) is 14.5 Å². The minimum absolute atomic E-state index is 0.0701. The summed E-state index contributed by atoms with van der Waals surface area (Å²) in [6.45, 7) is 5.67. The second-order valence-electron chi connectivity index (χ2n) is 3.22. The van der Waals surface area contributed by atoms with Gasteiger partial charge in [0.2, 0.25) is 0 Å². The number of aromatic nitrogens is 2. The molecule has 0 aliphatic carbocycles. The second kappa shape index (κ2) is 3.30. The summed E-state index contributed by atoms with van der Waals surface area (Å²) in [5, 5.41) is 0. The third-order valence-electron chi connectivity index (χ3n) is 2.47. The molecule has 0 unspecified atom stereocenters. The van der Waals surface area contributed by atoms with Crippen LogP contribution in [0, 0.1) is 0 Å². The quantitative estimate of drug-likeness (QED) is 0.612. The zero-order valence-electron chi connectivity index (χ0n) is 7.73. The van der Waals surface area contributed by atoms with Gasteiger partial charge in [-0.05, 0) is 6.54 Å². The van der Waals surface area contributed by atoms with E-state index in [1.54, 1.807) is 10.8 Å². The number of nitrogens with zero attached hydrogens (tertiary/aromatic N) is 3. The Bertz CT molecular complexity index is 358. The van der Waals surface area contributed by atoms with E-state index >= 15 is 0 Å². The van der Waals surface area contributed by atoms with E-state index in [0.29, 0.717) is 0 Å². The van der Waals surface area contributed by atoms with E-state index in [-0.39, 0.29) is 5.56 Å². The van der Waals surface area contributed by atoms with Crippen LogP contribution in [-0.4, -0.2) is 27.5 Å². The Balaban J connectivity index is 2.36. The zero-order valence-corrected chi connectivity index (χ0v) is 7.73. The van der Waals surface area contributed by atoms with Gasteiger partial charge in [-0.15, -0.1) is 0 Å². The molecule has 0 atom stereocenters. The van der Waals surface area contributed by atoms with Gasteiger partial charge in [0.05, 0.1) is 6.54 Å². The molecule has 1 aromatic heterocycles. The highest BCUT2D eigenvalue weighted by Crippen LogP contribution is 2.05. The number of hydrogen-bond donors (Lipinski definition) is 0. The van der Waals surface area contributed by atoms with Gasteiger partial charge in [-0.1, -0.05) is 6.92 Å². The van der Waals surface area contributed by atoms with E-state index in [9.17, 15) is 4.79 Å². The van der Waals surface area contributed by atoms with Crippen LogP contribution in [0.5, 0.6) is 0 Å². The van der Waals surface area contributed by atoms with Gasteiger partial charge in [0.25, 0.3) is 5.56 Å². The average molecular weight is 179 g/mol. The molecule has 4 heteroatoms. The predicted octanol–water partition coefficient (Wildman–Crippen LogP) is 0.0788. The van der Waals surface area contributed by atoms with Crippen LogP contribution in [0.2, 0.25) is 0 Å². The second-order valence-corrected chi connectivity index (χ2v) is 3.22. The van der Waals surface area contributed by atoms with Gasteiger partial charge < -0.3 is 0 Å². The minimum atomic E-state index is 0.0701. The minimum Gasteiger partial charge on any atom is -0.294 e. The van der Waals surface area contributed by atoms with Crippen molar-refractivity contribution in [3.63, 3.8) is 0 Å². The topological polar surface area (TPSA) is 38.1 Å². The molecule has 0 radical (unpaired) electrons. The number of fused-ring (bicyclic) bond motifs is 1. The van der Waals surface area contributed by atoms with E-state index in [4.69, 9.17) is 0 Å². The molecule has 13 heavy (non-hydrogen) atoms. The van der Waals surface area contributed by atoms with Crippen LogP contribution in [0.4, 0.5) is 0 Å². The van der Waals surface area contributed by atoms with Gasteiger partial charge in [-0.25, -0.2) is 4.98 Å². The molecule has 0 fully saturated rings. The summed E-state index contributed by atoms with van der Waals surface area (Å²) in [4.78, 5) is 17.8. The molecule has 0 saturated carbocycles. The van der Waals surface area contributed by atoms with E-state index in [1.165, 1.54) is 6.07 Å². The normalized spacial score (nSPS) is 17.0. The number of hydrogen-bond acceptors (Lipinski definition) is 3. The van der Waals surface area contributed by atoms with Gasteiger partial charge in [0.1, 0.15) is 5.82 Å². The highest BCUT2D eigenvalue weighted by atomic mass is 16.1. The molecule has 0 bridgehead atoms. The predicted molar refractivity (Wildman–Crippen MR) is 49.4 cm³/mol. The largest absolute Gasteiger partial charge is 0.294 e. The van der Waals surface area contributed by atoms with Crippen molar-refractivity contribution in [3.05, 3.63) is 28.4 Å². The molecule has 1 aliphatic rings. The summed E-state index contributed by atoms with van der Waals surface area (Å²) < 4.78 is 1.76. The zero-order chi connectivity index (χ0) is 9.26. The molecule has 0 N–H and O–H groups in total. The molecule has 70 valence electrons. The van der Waals surface area contributed by atoms with Gasteiger partial charge >= 0.3 is 0 Å². The fourth-order valence-corrected chi connectivity index (χ4v) is 1.63. The van der Waals surface area contributed by atoms with Crippen LogP contribution in [0.15, 0.2) is 17.1 Å². The summed E-state index contributed by atoms with van der Waals surface area (Å²) in [6.07, 6.45) is 1.59. The monoisotopic (exact) mass is 179 g/mol. The van der Waals surface area contributed by atoms with Gasteiger partial charge in [0.15, 0.2) is 0 Å². The lowest BCUT2D eigenvalue weighted by atomic mass is 10.3. The average Bonchev–Trinajstić information content (AvgIpc) is 2.18. The van der Waals surface area contributed by atoms with Crippen molar-refractivity contribution in [2.24, 2.45) is 0 Å². The van der Waals surface area contributed by atoms with Crippen LogP contribution in [0.1, 0.15) is 12.7 Å². The van der Waals surface area contributed by atoms with E-state index in [1.807, 2.05) is 0 Å². The first-order valence-electron chi connectivity index (χ1n) is 4.58. The maximum atomic E-state index is 11.4. The van der Waals surface area contributed by atoms with Gasteiger partial charge in [-0.3, -0.25) is 14.3 Å². The smallest absolute Gasteiger partial charge is 0.253 e. The van der Waals surface area contributed by atoms with Gasteiger partial charge in [-0.2, -0.15) is 0 Å². The molecular formula is C9H13N3O. The molecule has 2 heterocycles. The summed E-state index contributed by atoms with van der Waals surface area (Å²) in [5.74, 6) is 0.889.